The van der Waals surface area contributed by atoms with Gasteiger partial charge in [0.2, 0.25) is 12.7 Å². The van der Waals surface area contributed by atoms with Crippen LogP contribution in [-0.4, -0.2) is 26.7 Å². The number of fused-ring (bicyclic) bond motifs is 2. The fourth-order valence-electron chi connectivity index (χ4n) is 3.22. The fourth-order valence-corrected chi connectivity index (χ4v) is 3.22. The lowest BCUT2D eigenvalue weighted by molar-refractivity contribution is 0.174. The lowest BCUT2D eigenvalue weighted by atomic mass is 10.1. The van der Waals surface area contributed by atoms with Crippen molar-refractivity contribution in [1.82, 2.24) is 19.9 Å². The van der Waals surface area contributed by atoms with Gasteiger partial charge in [0.15, 0.2) is 28.5 Å². The molecule has 0 aliphatic carbocycles. The Hall–Kier alpha value is -3.94. The topological polar surface area (TPSA) is 94.1 Å². The van der Waals surface area contributed by atoms with Crippen LogP contribution in [0.2, 0.25) is 0 Å². The van der Waals surface area contributed by atoms with E-state index in [9.17, 15) is 0 Å². The molecule has 30 heavy (non-hydrogen) atoms. The van der Waals surface area contributed by atoms with Crippen LogP contribution in [0.4, 0.5) is 17.5 Å². The maximum absolute atomic E-state index is 5.44. The lowest BCUT2D eigenvalue weighted by Crippen LogP contribution is -2.07. The van der Waals surface area contributed by atoms with Crippen molar-refractivity contribution in [3.8, 4) is 11.5 Å². The summed E-state index contributed by atoms with van der Waals surface area (Å²) in [6.45, 7) is 4.96. The first-order valence-electron chi connectivity index (χ1n) is 9.61. The molecule has 150 valence electrons. The zero-order chi connectivity index (χ0) is 20.5. The number of aryl methyl sites for hydroxylation is 2. The Morgan fingerprint density at radius 2 is 1.77 bits per heavy atom. The molecule has 8 nitrogen and oxygen atoms in total. The zero-order valence-corrected chi connectivity index (χ0v) is 16.6. The van der Waals surface area contributed by atoms with Crippen LogP contribution in [0.25, 0.3) is 11.2 Å². The van der Waals surface area contributed by atoms with Crippen LogP contribution in [0.5, 0.6) is 11.5 Å². The predicted molar refractivity (Wildman–Crippen MR) is 114 cm³/mol. The molecule has 0 radical (unpaired) electrons. The second-order valence-corrected chi connectivity index (χ2v) is 7.09. The molecule has 2 aromatic heterocycles. The third-order valence-corrected chi connectivity index (χ3v) is 4.99. The monoisotopic (exact) mass is 400 g/mol. The van der Waals surface area contributed by atoms with Crippen LogP contribution in [0.1, 0.15) is 16.7 Å². The molecular weight excluding hydrogens is 380 g/mol. The number of nitrogens with one attached hydrogen (secondary N) is 2. The van der Waals surface area contributed by atoms with E-state index in [1.165, 1.54) is 11.1 Å². The largest absolute Gasteiger partial charge is 0.454 e. The van der Waals surface area contributed by atoms with Gasteiger partial charge in [-0.3, -0.25) is 0 Å². The van der Waals surface area contributed by atoms with E-state index in [0.29, 0.717) is 29.5 Å². The molecule has 2 N–H and O–H groups in total. The highest BCUT2D eigenvalue weighted by Gasteiger charge is 2.14. The average molecular weight is 400 g/mol. The molecule has 2 aromatic carbocycles. The summed E-state index contributed by atoms with van der Waals surface area (Å²) < 4.78 is 10.8. The normalized spacial score (nSPS) is 12.2. The van der Waals surface area contributed by atoms with Crippen molar-refractivity contribution in [1.29, 1.82) is 0 Å². The number of benzene rings is 2. The maximum Gasteiger partial charge on any atom is 0.231 e. The van der Waals surface area contributed by atoms with Crippen LogP contribution < -0.4 is 20.1 Å². The number of nitrogens with zero attached hydrogens (tertiary/aromatic N) is 4. The Kier molecular flexibility index (Phi) is 4.51. The summed E-state index contributed by atoms with van der Waals surface area (Å²) in [5.41, 5.74) is 5.54. The summed E-state index contributed by atoms with van der Waals surface area (Å²) in [6, 6.07) is 12.0. The summed E-state index contributed by atoms with van der Waals surface area (Å²) in [6.07, 6.45) is 3.26. The Morgan fingerprint density at radius 1 is 0.900 bits per heavy atom. The van der Waals surface area contributed by atoms with Crippen LogP contribution >= 0.6 is 0 Å². The molecule has 4 aromatic rings. The van der Waals surface area contributed by atoms with Crippen LogP contribution in [0.15, 0.2) is 48.8 Å². The average Bonchev–Trinajstić information content (AvgIpc) is 3.23. The number of ether oxygens (including phenoxy) is 2. The molecule has 0 unspecified atom stereocenters. The summed E-state index contributed by atoms with van der Waals surface area (Å²) in [5.74, 6) is 2.57. The smallest absolute Gasteiger partial charge is 0.231 e. The third-order valence-electron chi connectivity index (χ3n) is 4.99. The molecule has 1 aliphatic rings. The maximum atomic E-state index is 5.44. The molecule has 0 bridgehead atoms. The number of hydrogen-bond acceptors (Lipinski definition) is 8. The summed E-state index contributed by atoms with van der Waals surface area (Å²) in [5, 5.41) is 6.62. The highest BCUT2D eigenvalue weighted by atomic mass is 16.7. The van der Waals surface area contributed by atoms with E-state index in [0.717, 1.165) is 22.7 Å². The second-order valence-electron chi connectivity index (χ2n) is 7.09. The van der Waals surface area contributed by atoms with Gasteiger partial charge in [-0.25, -0.2) is 9.97 Å². The molecule has 0 amide bonds. The van der Waals surface area contributed by atoms with Gasteiger partial charge in [0.05, 0.1) is 0 Å². The van der Waals surface area contributed by atoms with Crippen molar-refractivity contribution >= 4 is 28.6 Å². The van der Waals surface area contributed by atoms with Crippen molar-refractivity contribution in [2.45, 2.75) is 20.4 Å². The lowest BCUT2D eigenvalue weighted by Gasteiger charge is -2.12. The number of aromatic nitrogens is 4. The molecule has 0 saturated carbocycles. The molecule has 8 heteroatoms. The van der Waals surface area contributed by atoms with E-state index in [1.54, 1.807) is 12.4 Å². The first-order valence-corrected chi connectivity index (χ1v) is 9.61. The highest BCUT2D eigenvalue weighted by Crippen LogP contribution is 2.32. The van der Waals surface area contributed by atoms with Gasteiger partial charge in [0, 0.05) is 24.6 Å². The minimum absolute atomic E-state index is 0.256. The first-order chi connectivity index (χ1) is 14.7. The van der Waals surface area contributed by atoms with E-state index < -0.39 is 0 Å². The first kappa shape index (κ1) is 18.1. The highest BCUT2D eigenvalue weighted by molar-refractivity contribution is 5.85. The van der Waals surface area contributed by atoms with Gasteiger partial charge >= 0.3 is 0 Å². The third kappa shape index (κ3) is 3.55. The molecule has 1 aliphatic heterocycles. The van der Waals surface area contributed by atoms with Gasteiger partial charge in [-0.2, -0.15) is 9.97 Å². The van der Waals surface area contributed by atoms with Gasteiger partial charge < -0.3 is 20.1 Å². The Bertz CT molecular complexity index is 1240. The Morgan fingerprint density at radius 3 is 2.67 bits per heavy atom. The van der Waals surface area contributed by atoms with E-state index >= 15 is 0 Å². The minimum atomic E-state index is 0.256. The standard InChI is InChI=1S/C22H20N6O2/c1-13-3-5-16(9-14(13)2)26-21-19-20(24-8-7-23-19)27-22(28-21)25-11-15-4-6-17-18(10-15)30-12-29-17/h3-10H,11-12H2,1-2H3,(H2,24,25,26,27,28). The predicted octanol–water partition coefficient (Wildman–Crippen LogP) is 4.12. The van der Waals surface area contributed by atoms with Crippen LogP contribution in [-0.2, 0) is 6.54 Å². The van der Waals surface area contributed by atoms with E-state index in [1.807, 2.05) is 24.3 Å². The van der Waals surface area contributed by atoms with Crippen molar-refractivity contribution in [2.24, 2.45) is 0 Å². The van der Waals surface area contributed by atoms with Crippen molar-refractivity contribution in [2.75, 3.05) is 17.4 Å². The molecule has 0 atom stereocenters. The SMILES string of the molecule is Cc1ccc(Nc2nc(NCc3ccc4c(c3)OCO4)nc3nccnc23)cc1C. The second kappa shape index (κ2) is 7.47. The van der Waals surface area contributed by atoms with Gasteiger partial charge in [-0.15, -0.1) is 0 Å². The number of hydrogen-bond donors (Lipinski definition) is 2. The molecule has 0 saturated heterocycles. The van der Waals surface area contributed by atoms with Crippen molar-refractivity contribution < 1.29 is 9.47 Å². The molecular formula is C22H20N6O2. The molecule has 0 fully saturated rings. The Balaban J connectivity index is 1.43. The van der Waals surface area contributed by atoms with Gasteiger partial charge in [-0.1, -0.05) is 12.1 Å². The van der Waals surface area contributed by atoms with Gasteiger partial charge in [0.25, 0.3) is 0 Å². The molecule has 0 spiro atoms. The van der Waals surface area contributed by atoms with Crippen LogP contribution in [0.3, 0.4) is 0 Å². The quantitative estimate of drug-likeness (QED) is 0.517. The van der Waals surface area contributed by atoms with Crippen molar-refractivity contribution in [3.05, 3.63) is 65.5 Å². The minimum Gasteiger partial charge on any atom is -0.454 e. The molecule has 3 heterocycles. The summed E-state index contributed by atoms with van der Waals surface area (Å²) in [4.78, 5) is 17.9. The van der Waals surface area contributed by atoms with Crippen LogP contribution in [0, 0.1) is 13.8 Å². The molecule has 5 rings (SSSR count). The van der Waals surface area contributed by atoms with Gasteiger partial charge in [-0.05, 0) is 54.8 Å². The number of rotatable bonds is 5. The van der Waals surface area contributed by atoms with E-state index in [4.69, 9.17) is 9.47 Å². The zero-order valence-electron chi connectivity index (χ0n) is 16.6. The summed E-state index contributed by atoms with van der Waals surface area (Å²) in [7, 11) is 0. The fraction of sp³-hybridized carbons (Fsp3) is 0.182. The summed E-state index contributed by atoms with van der Waals surface area (Å²) >= 11 is 0. The van der Waals surface area contributed by atoms with E-state index in [-0.39, 0.29) is 6.79 Å². The van der Waals surface area contributed by atoms with Gasteiger partial charge in [0.1, 0.15) is 0 Å². The number of anilines is 3. The Labute approximate surface area is 173 Å². The van der Waals surface area contributed by atoms with E-state index in [2.05, 4.69) is 56.5 Å². The van der Waals surface area contributed by atoms with Crippen molar-refractivity contribution in [3.63, 3.8) is 0 Å².